The molecule has 3 nitrogen and oxygen atoms in total. The van der Waals surface area contributed by atoms with Gasteiger partial charge in [-0.1, -0.05) is 13.3 Å². The highest BCUT2D eigenvalue weighted by Gasteiger charge is 2.67. The smallest absolute Gasteiger partial charge is 0.309 e. The molecule has 2 bridgehead atoms. The van der Waals surface area contributed by atoms with Gasteiger partial charge in [0.05, 0.1) is 11.0 Å². The topological polar surface area (TPSA) is 57.5 Å². The highest BCUT2D eigenvalue weighted by Crippen LogP contribution is 2.72. The first-order valence-electron chi connectivity index (χ1n) is 9.60. The molecule has 4 aliphatic carbocycles. The molecular weight excluding hydrogens is 288 g/mol. The highest BCUT2D eigenvalue weighted by molar-refractivity contribution is 5.75. The van der Waals surface area contributed by atoms with Crippen LogP contribution in [-0.4, -0.2) is 21.8 Å². The van der Waals surface area contributed by atoms with E-state index in [1.54, 1.807) is 0 Å². The lowest BCUT2D eigenvalue weighted by Crippen LogP contribution is -2.58. The second-order valence-corrected chi connectivity index (χ2v) is 10.1. The van der Waals surface area contributed by atoms with Crippen LogP contribution in [0.4, 0.5) is 0 Å². The Kier molecular flexibility index (Phi) is 3.14. The lowest BCUT2D eigenvalue weighted by molar-refractivity contribution is -0.181. The van der Waals surface area contributed by atoms with Crippen LogP contribution in [0.15, 0.2) is 0 Å². The van der Waals surface area contributed by atoms with Crippen LogP contribution >= 0.6 is 0 Å². The summed E-state index contributed by atoms with van der Waals surface area (Å²) in [5.74, 6) is 0.793. The lowest BCUT2D eigenvalue weighted by Gasteiger charge is -2.63. The van der Waals surface area contributed by atoms with Crippen LogP contribution in [-0.2, 0) is 4.79 Å². The molecule has 0 radical (unpaired) electrons. The third kappa shape index (κ3) is 1.89. The monoisotopic (exact) mass is 320 g/mol. The number of carboxylic acids is 1. The fourth-order valence-corrected chi connectivity index (χ4v) is 8.05. The van der Waals surface area contributed by atoms with Crippen LogP contribution in [0.5, 0.6) is 0 Å². The number of aliphatic carboxylic acids is 1. The first-order valence-corrected chi connectivity index (χ1v) is 9.60. The van der Waals surface area contributed by atoms with Gasteiger partial charge in [0.15, 0.2) is 0 Å². The van der Waals surface area contributed by atoms with Crippen molar-refractivity contribution in [3.05, 3.63) is 0 Å². The Morgan fingerprint density at radius 2 is 1.74 bits per heavy atom. The zero-order chi connectivity index (χ0) is 16.7. The second-order valence-electron chi connectivity index (χ2n) is 10.1. The van der Waals surface area contributed by atoms with E-state index in [0.717, 1.165) is 38.5 Å². The maximum atomic E-state index is 12.1. The van der Waals surface area contributed by atoms with Crippen LogP contribution in [0.3, 0.4) is 0 Å². The van der Waals surface area contributed by atoms with Gasteiger partial charge in [0, 0.05) is 0 Å². The Balaban J connectivity index is 1.74. The average molecular weight is 320 g/mol. The van der Waals surface area contributed by atoms with Crippen molar-refractivity contribution in [2.24, 2.45) is 34.0 Å². The molecule has 7 atom stereocenters. The van der Waals surface area contributed by atoms with Gasteiger partial charge >= 0.3 is 5.97 Å². The first kappa shape index (κ1) is 15.9. The van der Waals surface area contributed by atoms with Crippen LogP contribution in [0.1, 0.15) is 78.6 Å². The lowest BCUT2D eigenvalue weighted by atomic mass is 9.41. The summed E-state index contributed by atoms with van der Waals surface area (Å²) in [6.07, 6.45) is 9.68. The van der Waals surface area contributed by atoms with Crippen molar-refractivity contribution in [1.82, 2.24) is 0 Å². The minimum Gasteiger partial charge on any atom is -0.481 e. The largest absolute Gasteiger partial charge is 0.481 e. The zero-order valence-corrected chi connectivity index (χ0v) is 14.9. The molecule has 0 amide bonds. The van der Waals surface area contributed by atoms with Gasteiger partial charge in [0.2, 0.25) is 0 Å². The third-order valence-electron chi connectivity index (χ3n) is 8.98. The molecule has 130 valence electrons. The molecule has 0 aliphatic heterocycles. The van der Waals surface area contributed by atoms with Crippen molar-refractivity contribution in [1.29, 1.82) is 0 Å². The fourth-order valence-electron chi connectivity index (χ4n) is 8.05. The molecule has 0 aromatic carbocycles. The maximum absolute atomic E-state index is 12.1. The zero-order valence-electron chi connectivity index (χ0n) is 14.9. The maximum Gasteiger partial charge on any atom is 0.309 e. The normalized spacial score (nSPS) is 58.3. The molecule has 4 rings (SSSR count). The van der Waals surface area contributed by atoms with E-state index in [1.807, 2.05) is 13.8 Å². The Morgan fingerprint density at radius 1 is 1.00 bits per heavy atom. The van der Waals surface area contributed by atoms with E-state index in [0.29, 0.717) is 17.8 Å². The molecule has 0 aromatic rings. The van der Waals surface area contributed by atoms with E-state index >= 15 is 0 Å². The van der Waals surface area contributed by atoms with Crippen molar-refractivity contribution in [2.75, 3.05) is 0 Å². The molecule has 1 spiro atoms. The van der Waals surface area contributed by atoms with E-state index in [2.05, 4.69) is 6.92 Å². The van der Waals surface area contributed by atoms with Crippen molar-refractivity contribution >= 4 is 5.97 Å². The molecule has 23 heavy (non-hydrogen) atoms. The molecule has 4 saturated carbocycles. The van der Waals surface area contributed by atoms with Crippen molar-refractivity contribution in [2.45, 2.75) is 84.2 Å². The fraction of sp³-hybridized carbons (Fsp3) is 0.950. The van der Waals surface area contributed by atoms with E-state index in [4.69, 9.17) is 0 Å². The molecule has 4 unspecified atom stereocenters. The van der Waals surface area contributed by atoms with Crippen LogP contribution in [0.2, 0.25) is 0 Å². The molecule has 0 saturated heterocycles. The van der Waals surface area contributed by atoms with Gasteiger partial charge in [-0.05, 0) is 93.8 Å². The first-order chi connectivity index (χ1) is 10.6. The van der Waals surface area contributed by atoms with E-state index in [9.17, 15) is 15.0 Å². The molecule has 4 aliphatic rings. The minimum absolute atomic E-state index is 0.148. The van der Waals surface area contributed by atoms with Gasteiger partial charge in [-0.2, -0.15) is 0 Å². The number of fused-ring (bicyclic) bond motifs is 3. The molecule has 4 fully saturated rings. The van der Waals surface area contributed by atoms with Crippen LogP contribution in [0.25, 0.3) is 0 Å². The van der Waals surface area contributed by atoms with Crippen molar-refractivity contribution < 1.29 is 15.0 Å². The van der Waals surface area contributed by atoms with Gasteiger partial charge < -0.3 is 10.2 Å². The predicted molar refractivity (Wildman–Crippen MR) is 88.9 cm³/mol. The summed E-state index contributed by atoms with van der Waals surface area (Å²) in [6.45, 7) is 6.45. The summed E-state index contributed by atoms with van der Waals surface area (Å²) in [4.78, 5) is 12.1. The standard InChI is InChI=1S/C20H32O3/c1-17-8-4-9-18(2,16(21)22)14(17)7-10-20-11-13(5-6-15(17)20)19(3,23)12-20/h13-15,23H,4-12H2,1-3H3,(H,21,22)/t13?,14?,15?,17-,18-,19-,20?/m1/s1. The summed E-state index contributed by atoms with van der Waals surface area (Å²) in [5.41, 5.74) is -0.612. The Hall–Kier alpha value is -0.570. The van der Waals surface area contributed by atoms with E-state index < -0.39 is 17.0 Å². The Bertz CT molecular complexity index is 541. The van der Waals surface area contributed by atoms with E-state index in [1.165, 1.54) is 19.3 Å². The third-order valence-corrected chi connectivity index (χ3v) is 8.98. The van der Waals surface area contributed by atoms with Crippen LogP contribution in [0, 0.1) is 34.0 Å². The SMILES string of the molecule is C[C@@]12CCC[C@@](C)(C(=O)O)C1CCC13CC(CCC12)[C@](C)(O)C3. The second kappa shape index (κ2) is 4.53. The number of rotatable bonds is 1. The number of aliphatic hydroxyl groups is 1. The summed E-state index contributed by atoms with van der Waals surface area (Å²) in [5, 5.41) is 20.8. The Labute approximate surface area is 139 Å². The van der Waals surface area contributed by atoms with Gasteiger partial charge in [0.25, 0.3) is 0 Å². The minimum atomic E-state index is -0.587. The number of hydrogen-bond acceptors (Lipinski definition) is 2. The van der Waals surface area contributed by atoms with Crippen molar-refractivity contribution in [3.8, 4) is 0 Å². The molecule has 0 aromatic heterocycles. The molecule has 2 N–H and O–H groups in total. The predicted octanol–water partition coefficient (Wildman–Crippen LogP) is 4.23. The van der Waals surface area contributed by atoms with Gasteiger partial charge in [-0.25, -0.2) is 0 Å². The average Bonchev–Trinajstić information content (AvgIpc) is 2.63. The summed E-state index contributed by atoms with van der Waals surface area (Å²) in [7, 11) is 0. The van der Waals surface area contributed by atoms with Gasteiger partial charge in [-0.15, -0.1) is 0 Å². The van der Waals surface area contributed by atoms with Crippen molar-refractivity contribution in [3.63, 3.8) is 0 Å². The van der Waals surface area contributed by atoms with Crippen LogP contribution < -0.4 is 0 Å². The summed E-state index contributed by atoms with van der Waals surface area (Å²) < 4.78 is 0. The van der Waals surface area contributed by atoms with E-state index in [-0.39, 0.29) is 10.8 Å². The molecule has 3 heteroatoms. The van der Waals surface area contributed by atoms with Gasteiger partial charge in [-0.3, -0.25) is 4.79 Å². The molecular formula is C20H32O3. The Morgan fingerprint density at radius 3 is 2.43 bits per heavy atom. The van der Waals surface area contributed by atoms with Gasteiger partial charge in [0.1, 0.15) is 0 Å². The number of carbonyl (C=O) groups is 1. The molecule has 0 heterocycles. The quantitative estimate of drug-likeness (QED) is 0.760. The number of hydrogen-bond donors (Lipinski definition) is 2. The summed E-state index contributed by atoms with van der Waals surface area (Å²) in [6, 6.07) is 0. The summed E-state index contributed by atoms with van der Waals surface area (Å²) >= 11 is 0. The highest BCUT2D eigenvalue weighted by atomic mass is 16.4. The number of carboxylic acid groups (broad SMARTS) is 1.